The summed E-state index contributed by atoms with van der Waals surface area (Å²) < 4.78 is 5.40. The van der Waals surface area contributed by atoms with Crippen LogP contribution >= 0.6 is 0 Å². The third-order valence-electron chi connectivity index (χ3n) is 5.68. The molecule has 3 aromatic rings. The SMILES string of the molecule is CC1(c2[nH]c3cc(C4CC4)ccc3c2Cc2nc(C(=O)O)co2)CC1. The number of aromatic carboxylic acids is 1. The fourth-order valence-electron chi connectivity index (χ4n) is 3.72. The highest BCUT2D eigenvalue weighted by Crippen LogP contribution is 2.50. The Bertz CT molecular complexity index is 990. The number of H-pyrrole nitrogens is 1. The zero-order chi connectivity index (χ0) is 17.2. The van der Waals surface area contributed by atoms with E-state index in [1.165, 1.54) is 59.7 Å². The minimum atomic E-state index is -1.06. The fraction of sp³-hybridized carbons (Fsp3) is 0.400. The number of rotatable bonds is 5. The molecule has 2 aliphatic carbocycles. The van der Waals surface area contributed by atoms with Gasteiger partial charge in [0.15, 0.2) is 11.6 Å². The lowest BCUT2D eigenvalue weighted by Gasteiger charge is -2.09. The monoisotopic (exact) mass is 336 g/mol. The number of carbonyl (C=O) groups is 1. The molecule has 0 atom stereocenters. The summed E-state index contributed by atoms with van der Waals surface area (Å²) in [5, 5.41) is 10.2. The second-order valence-corrected chi connectivity index (χ2v) is 7.73. The van der Waals surface area contributed by atoms with Crippen molar-refractivity contribution in [3.05, 3.63) is 52.9 Å². The zero-order valence-corrected chi connectivity index (χ0v) is 14.1. The first-order valence-electron chi connectivity index (χ1n) is 8.86. The van der Waals surface area contributed by atoms with Crippen molar-refractivity contribution in [1.29, 1.82) is 0 Å². The van der Waals surface area contributed by atoms with Crippen molar-refractivity contribution in [3.63, 3.8) is 0 Å². The van der Waals surface area contributed by atoms with Crippen molar-refractivity contribution < 1.29 is 14.3 Å². The molecule has 128 valence electrons. The van der Waals surface area contributed by atoms with E-state index in [-0.39, 0.29) is 11.1 Å². The van der Waals surface area contributed by atoms with Gasteiger partial charge in [0.1, 0.15) is 6.26 Å². The number of nitrogens with zero attached hydrogens (tertiary/aromatic N) is 1. The molecule has 0 amide bonds. The zero-order valence-electron chi connectivity index (χ0n) is 14.1. The summed E-state index contributed by atoms with van der Waals surface area (Å²) in [7, 11) is 0. The molecule has 5 nitrogen and oxygen atoms in total. The maximum absolute atomic E-state index is 11.0. The number of hydrogen-bond acceptors (Lipinski definition) is 3. The van der Waals surface area contributed by atoms with E-state index in [9.17, 15) is 4.79 Å². The molecule has 0 radical (unpaired) electrons. The Hall–Kier alpha value is -2.56. The molecule has 0 unspecified atom stereocenters. The van der Waals surface area contributed by atoms with E-state index < -0.39 is 5.97 Å². The van der Waals surface area contributed by atoms with Crippen LogP contribution in [0.5, 0.6) is 0 Å². The molecule has 2 aliphatic rings. The van der Waals surface area contributed by atoms with E-state index in [4.69, 9.17) is 9.52 Å². The van der Waals surface area contributed by atoms with Gasteiger partial charge in [-0.2, -0.15) is 0 Å². The van der Waals surface area contributed by atoms with Crippen LogP contribution in [0, 0.1) is 0 Å². The van der Waals surface area contributed by atoms with Gasteiger partial charge < -0.3 is 14.5 Å². The van der Waals surface area contributed by atoms with Crippen LogP contribution in [0.3, 0.4) is 0 Å². The van der Waals surface area contributed by atoms with Gasteiger partial charge >= 0.3 is 5.97 Å². The molecular formula is C20H20N2O3. The van der Waals surface area contributed by atoms with E-state index in [1.54, 1.807) is 0 Å². The van der Waals surface area contributed by atoms with Crippen LogP contribution in [0.1, 0.15) is 71.7 Å². The van der Waals surface area contributed by atoms with Gasteiger partial charge in [-0.05, 0) is 48.8 Å². The normalized spacial score (nSPS) is 18.6. The summed E-state index contributed by atoms with van der Waals surface area (Å²) in [5.74, 6) is 0.119. The fourth-order valence-corrected chi connectivity index (χ4v) is 3.72. The van der Waals surface area contributed by atoms with Crippen LogP contribution < -0.4 is 0 Å². The Morgan fingerprint density at radius 2 is 2.20 bits per heavy atom. The molecule has 2 heterocycles. The van der Waals surface area contributed by atoms with E-state index in [1.807, 2.05) is 0 Å². The van der Waals surface area contributed by atoms with Crippen LogP contribution in [0.25, 0.3) is 10.9 Å². The summed E-state index contributed by atoms with van der Waals surface area (Å²) in [6.45, 7) is 2.28. The molecule has 2 fully saturated rings. The first kappa shape index (κ1) is 14.8. The Balaban J connectivity index is 1.60. The molecular weight excluding hydrogens is 316 g/mol. The lowest BCUT2D eigenvalue weighted by Crippen LogP contribution is -2.05. The van der Waals surface area contributed by atoms with Crippen molar-refractivity contribution in [2.45, 2.75) is 50.4 Å². The minimum Gasteiger partial charge on any atom is -0.476 e. The molecule has 2 saturated carbocycles. The molecule has 0 aliphatic heterocycles. The van der Waals surface area contributed by atoms with E-state index in [0.29, 0.717) is 12.3 Å². The van der Waals surface area contributed by atoms with Crippen LogP contribution in [-0.2, 0) is 11.8 Å². The number of nitrogens with one attached hydrogen (secondary N) is 1. The van der Waals surface area contributed by atoms with Crippen molar-refractivity contribution in [1.82, 2.24) is 9.97 Å². The molecule has 0 bridgehead atoms. The van der Waals surface area contributed by atoms with Crippen molar-refractivity contribution in [3.8, 4) is 0 Å². The van der Waals surface area contributed by atoms with Gasteiger partial charge in [-0.1, -0.05) is 19.1 Å². The summed E-state index contributed by atoms with van der Waals surface area (Å²) in [6, 6.07) is 6.71. The Morgan fingerprint density at radius 1 is 1.40 bits per heavy atom. The third-order valence-corrected chi connectivity index (χ3v) is 5.68. The maximum Gasteiger partial charge on any atom is 0.357 e. The van der Waals surface area contributed by atoms with Crippen LogP contribution in [0.2, 0.25) is 0 Å². The minimum absolute atomic E-state index is 0.0370. The van der Waals surface area contributed by atoms with Gasteiger partial charge in [-0.25, -0.2) is 9.78 Å². The molecule has 5 heteroatoms. The number of fused-ring (bicyclic) bond motifs is 1. The van der Waals surface area contributed by atoms with Gasteiger partial charge in [0.05, 0.1) is 6.42 Å². The van der Waals surface area contributed by atoms with Crippen LogP contribution in [0.15, 0.2) is 28.9 Å². The molecule has 1 aromatic carbocycles. The van der Waals surface area contributed by atoms with Gasteiger partial charge in [0, 0.05) is 22.0 Å². The van der Waals surface area contributed by atoms with Crippen LogP contribution in [-0.4, -0.2) is 21.0 Å². The predicted molar refractivity (Wildman–Crippen MR) is 93.1 cm³/mol. The number of carboxylic acids is 1. The van der Waals surface area contributed by atoms with Crippen LogP contribution in [0.4, 0.5) is 0 Å². The lowest BCUT2D eigenvalue weighted by atomic mass is 9.97. The van der Waals surface area contributed by atoms with Crippen molar-refractivity contribution >= 4 is 16.9 Å². The Labute approximate surface area is 145 Å². The molecule has 0 spiro atoms. The highest BCUT2D eigenvalue weighted by molar-refractivity contribution is 5.87. The number of oxazole rings is 1. The highest BCUT2D eigenvalue weighted by atomic mass is 16.4. The average Bonchev–Trinajstić information content (AvgIpc) is 3.49. The van der Waals surface area contributed by atoms with E-state index in [2.05, 4.69) is 35.1 Å². The van der Waals surface area contributed by atoms with Crippen molar-refractivity contribution in [2.24, 2.45) is 0 Å². The lowest BCUT2D eigenvalue weighted by molar-refractivity contribution is 0.0690. The van der Waals surface area contributed by atoms with Gasteiger partial charge in [-0.3, -0.25) is 0 Å². The van der Waals surface area contributed by atoms with E-state index >= 15 is 0 Å². The Kier molecular flexibility index (Phi) is 2.94. The summed E-state index contributed by atoms with van der Waals surface area (Å²) in [6.07, 6.45) is 6.66. The number of carboxylic acid groups (broad SMARTS) is 1. The molecule has 25 heavy (non-hydrogen) atoms. The number of aromatic amines is 1. The quantitative estimate of drug-likeness (QED) is 0.725. The molecule has 0 saturated heterocycles. The Morgan fingerprint density at radius 3 is 2.84 bits per heavy atom. The number of aromatic nitrogens is 2. The van der Waals surface area contributed by atoms with Crippen molar-refractivity contribution in [2.75, 3.05) is 0 Å². The number of benzene rings is 1. The average molecular weight is 336 g/mol. The molecule has 2 N–H and O–H groups in total. The summed E-state index contributed by atoms with van der Waals surface area (Å²) in [4.78, 5) is 18.8. The van der Waals surface area contributed by atoms with E-state index in [0.717, 1.165) is 5.92 Å². The van der Waals surface area contributed by atoms with Gasteiger partial charge in [0.2, 0.25) is 0 Å². The largest absolute Gasteiger partial charge is 0.476 e. The number of hydrogen-bond donors (Lipinski definition) is 2. The highest BCUT2D eigenvalue weighted by Gasteiger charge is 2.42. The first-order valence-corrected chi connectivity index (χ1v) is 8.86. The third kappa shape index (κ3) is 2.46. The summed E-state index contributed by atoms with van der Waals surface area (Å²) >= 11 is 0. The molecule has 5 rings (SSSR count). The predicted octanol–water partition coefficient (Wildman–Crippen LogP) is 4.37. The second kappa shape index (κ2) is 4.97. The maximum atomic E-state index is 11.0. The van der Waals surface area contributed by atoms with Gasteiger partial charge in [0.25, 0.3) is 0 Å². The molecule has 2 aromatic heterocycles. The summed E-state index contributed by atoms with van der Waals surface area (Å²) in [5.41, 5.74) is 5.19. The topological polar surface area (TPSA) is 79.1 Å². The van der Waals surface area contributed by atoms with Gasteiger partial charge in [-0.15, -0.1) is 0 Å². The smallest absolute Gasteiger partial charge is 0.357 e. The standard InChI is InChI=1S/C20H20N2O3/c1-20(6-7-20)18-14(9-17-21-16(10-25-17)19(23)24)13-5-4-12(11-2-3-11)8-15(13)22-18/h4-5,8,10-11,22H,2-3,6-7,9H2,1H3,(H,23,24). The first-order chi connectivity index (χ1) is 12.0. The second-order valence-electron chi connectivity index (χ2n) is 7.73.